The Bertz CT molecular complexity index is 928. The van der Waals surface area contributed by atoms with Crippen LogP contribution in [0.15, 0.2) is 54.2 Å². The number of ether oxygens (including phenoxy) is 2. The van der Waals surface area contributed by atoms with E-state index >= 15 is 0 Å². The molecule has 0 unspecified atom stereocenters. The van der Waals surface area contributed by atoms with Crippen molar-refractivity contribution in [2.24, 2.45) is 5.10 Å². The first kappa shape index (κ1) is 22.0. The van der Waals surface area contributed by atoms with E-state index in [2.05, 4.69) is 22.4 Å². The van der Waals surface area contributed by atoms with Gasteiger partial charge in [0.1, 0.15) is 13.0 Å². The Kier molecular flexibility index (Phi) is 8.24. The van der Waals surface area contributed by atoms with Crippen LogP contribution in [-0.2, 0) is 9.59 Å². The molecule has 2 rings (SSSR count). The van der Waals surface area contributed by atoms with Crippen LogP contribution in [-0.4, -0.2) is 31.7 Å². The first-order valence-electron chi connectivity index (χ1n) is 8.73. The maximum Gasteiger partial charge on any atom is 0.249 e. The zero-order chi connectivity index (χ0) is 21.2. The second kappa shape index (κ2) is 10.9. The van der Waals surface area contributed by atoms with Crippen LogP contribution in [0.2, 0.25) is 5.02 Å². The Morgan fingerprint density at radius 1 is 1.24 bits per heavy atom. The van der Waals surface area contributed by atoms with E-state index in [1.165, 1.54) is 13.3 Å². The number of methoxy groups -OCH3 is 1. The number of hydrazone groups is 1. The lowest BCUT2D eigenvalue weighted by Crippen LogP contribution is -2.24. The van der Waals surface area contributed by atoms with E-state index in [0.29, 0.717) is 27.8 Å². The second-order valence-electron chi connectivity index (χ2n) is 5.96. The van der Waals surface area contributed by atoms with E-state index in [0.717, 1.165) is 5.56 Å². The number of hydrogen-bond acceptors (Lipinski definition) is 5. The molecule has 2 aromatic carbocycles. The number of aryl methyl sites for hydroxylation is 1. The summed E-state index contributed by atoms with van der Waals surface area (Å²) in [6.07, 6.45) is 2.63. The van der Waals surface area contributed by atoms with Gasteiger partial charge in [-0.05, 0) is 36.8 Å². The van der Waals surface area contributed by atoms with Crippen molar-refractivity contribution in [3.8, 4) is 11.5 Å². The standard InChI is InChI=1S/C21H22ClN3O4/c1-4-10-29-21-15(6-5-7-18(21)28-3)13-23-25-20(27)12-19(26)24-16-9-8-14(2)17(22)11-16/h4-9,11,13H,1,10,12H2,2-3H3,(H,24,26)(H,25,27). The van der Waals surface area contributed by atoms with Gasteiger partial charge in [-0.2, -0.15) is 5.10 Å². The molecule has 2 N–H and O–H groups in total. The molecule has 0 saturated heterocycles. The van der Waals surface area contributed by atoms with Crippen molar-refractivity contribution in [3.05, 3.63) is 65.2 Å². The predicted octanol–water partition coefficient (Wildman–Crippen LogP) is 3.70. The molecular formula is C21H22ClN3O4. The lowest BCUT2D eigenvalue weighted by atomic mass is 10.2. The molecule has 8 heteroatoms. The summed E-state index contributed by atoms with van der Waals surface area (Å²) in [5.41, 5.74) is 4.33. The van der Waals surface area contributed by atoms with Crippen molar-refractivity contribution in [2.45, 2.75) is 13.3 Å². The molecule has 7 nitrogen and oxygen atoms in total. The minimum absolute atomic E-state index is 0.288. The molecule has 2 aromatic rings. The summed E-state index contributed by atoms with van der Waals surface area (Å²) in [4.78, 5) is 23.9. The minimum atomic E-state index is -0.562. The van der Waals surface area contributed by atoms with Gasteiger partial charge in [0, 0.05) is 16.3 Å². The third-order valence-corrected chi connectivity index (χ3v) is 4.15. The predicted molar refractivity (Wildman–Crippen MR) is 114 cm³/mol. The number of anilines is 1. The monoisotopic (exact) mass is 415 g/mol. The summed E-state index contributed by atoms with van der Waals surface area (Å²) in [7, 11) is 1.53. The average molecular weight is 416 g/mol. The average Bonchev–Trinajstić information content (AvgIpc) is 2.69. The van der Waals surface area contributed by atoms with Gasteiger partial charge < -0.3 is 14.8 Å². The van der Waals surface area contributed by atoms with Crippen molar-refractivity contribution in [1.82, 2.24) is 5.43 Å². The zero-order valence-corrected chi connectivity index (χ0v) is 17.0. The van der Waals surface area contributed by atoms with Crippen LogP contribution in [0, 0.1) is 6.92 Å². The van der Waals surface area contributed by atoms with Crippen molar-refractivity contribution >= 4 is 35.3 Å². The van der Waals surface area contributed by atoms with Crippen LogP contribution in [0.1, 0.15) is 17.5 Å². The number of nitrogens with zero attached hydrogens (tertiary/aromatic N) is 1. The van der Waals surface area contributed by atoms with Gasteiger partial charge in [-0.25, -0.2) is 5.43 Å². The van der Waals surface area contributed by atoms with E-state index in [4.69, 9.17) is 21.1 Å². The lowest BCUT2D eigenvalue weighted by Gasteiger charge is -2.11. The molecule has 152 valence electrons. The highest BCUT2D eigenvalue weighted by atomic mass is 35.5. The molecule has 0 saturated carbocycles. The number of benzene rings is 2. The molecule has 29 heavy (non-hydrogen) atoms. The smallest absolute Gasteiger partial charge is 0.249 e. The van der Waals surface area contributed by atoms with Crippen LogP contribution in [0.3, 0.4) is 0 Å². The highest BCUT2D eigenvalue weighted by molar-refractivity contribution is 6.31. The zero-order valence-electron chi connectivity index (χ0n) is 16.2. The van der Waals surface area contributed by atoms with Crippen LogP contribution in [0.4, 0.5) is 5.69 Å². The fourth-order valence-electron chi connectivity index (χ4n) is 2.33. The molecular weight excluding hydrogens is 394 g/mol. The molecule has 0 fully saturated rings. The van der Waals surface area contributed by atoms with Gasteiger partial charge in [0.15, 0.2) is 11.5 Å². The van der Waals surface area contributed by atoms with Gasteiger partial charge in [-0.15, -0.1) is 0 Å². The van der Waals surface area contributed by atoms with Crippen LogP contribution in [0.5, 0.6) is 11.5 Å². The molecule has 0 heterocycles. The summed E-state index contributed by atoms with van der Waals surface area (Å²) in [6, 6.07) is 10.4. The van der Waals surface area contributed by atoms with Crippen molar-refractivity contribution in [3.63, 3.8) is 0 Å². The summed E-state index contributed by atoms with van der Waals surface area (Å²) >= 11 is 6.02. The fraction of sp³-hybridized carbons (Fsp3) is 0.190. The summed E-state index contributed by atoms with van der Waals surface area (Å²) < 4.78 is 10.9. The summed E-state index contributed by atoms with van der Waals surface area (Å²) in [6.45, 7) is 5.76. The maximum absolute atomic E-state index is 12.0. The molecule has 0 aliphatic heterocycles. The molecule has 0 bridgehead atoms. The van der Waals surface area contributed by atoms with Gasteiger partial charge in [0.25, 0.3) is 0 Å². The number of para-hydroxylation sites is 1. The topological polar surface area (TPSA) is 89.0 Å². The van der Waals surface area contributed by atoms with E-state index in [1.54, 1.807) is 42.5 Å². The highest BCUT2D eigenvalue weighted by Gasteiger charge is 2.11. The maximum atomic E-state index is 12.0. The van der Waals surface area contributed by atoms with Gasteiger partial charge >= 0.3 is 0 Å². The highest BCUT2D eigenvalue weighted by Crippen LogP contribution is 2.30. The van der Waals surface area contributed by atoms with Gasteiger partial charge in [-0.3, -0.25) is 9.59 Å². The largest absolute Gasteiger partial charge is 0.493 e. The van der Waals surface area contributed by atoms with Crippen molar-refractivity contribution < 1.29 is 19.1 Å². The van der Waals surface area contributed by atoms with Gasteiger partial charge in [-0.1, -0.05) is 36.4 Å². The second-order valence-corrected chi connectivity index (χ2v) is 6.37. The van der Waals surface area contributed by atoms with Gasteiger partial charge in [0.2, 0.25) is 11.8 Å². The molecule has 0 aliphatic rings. The summed E-state index contributed by atoms with van der Waals surface area (Å²) in [5, 5.41) is 7.03. The molecule has 0 aliphatic carbocycles. The molecule has 0 aromatic heterocycles. The molecule has 0 radical (unpaired) electrons. The van der Waals surface area contributed by atoms with Crippen LogP contribution in [0.25, 0.3) is 0 Å². The number of carbonyl (C=O) groups is 2. The Morgan fingerprint density at radius 3 is 2.72 bits per heavy atom. The SMILES string of the molecule is C=CCOc1c(C=NNC(=O)CC(=O)Nc2ccc(C)c(Cl)c2)cccc1OC. The third-order valence-electron chi connectivity index (χ3n) is 3.74. The Morgan fingerprint density at radius 2 is 2.03 bits per heavy atom. The Balaban J connectivity index is 1.94. The number of rotatable bonds is 9. The number of amides is 2. The molecule has 2 amide bonds. The van der Waals surface area contributed by atoms with Crippen molar-refractivity contribution in [2.75, 3.05) is 19.0 Å². The lowest BCUT2D eigenvalue weighted by molar-refractivity contribution is -0.126. The van der Waals surface area contributed by atoms with Crippen molar-refractivity contribution in [1.29, 1.82) is 0 Å². The first-order valence-corrected chi connectivity index (χ1v) is 9.11. The quantitative estimate of drug-likeness (QED) is 0.283. The minimum Gasteiger partial charge on any atom is -0.493 e. The van der Waals surface area contributed by atoms with E-state index in [9.17, 15) is 9.59 Å². The van der Waals surface area contributed by atoms with E-state index in [1.807, 2.05) is 6.92 Å². The van der Waals surface area contributed by atoms with E-state index < -0.39 is 11.8 Å². The molecule has 0 spiro atoms. The third kappa shape index (κ3) is 6.65. The number of carbonyl (C=O) groups excluding carboxylic acids is 2. The fourth-order valence-corrected chi connectivity index (χ4v) is 2.51. The van der Waals surface area contributed by atoms with Crippen LogP contribution >= 0.6 is 11.6 Å². The normalized spacial score (nSPS) is 10.4. The molecule has 0 atom stereocenters. The van der Waals surface area contributed by atoms with Crippen LogP contribution < -0.4 is 20.2 Å². The summed E-state index contributed by atoms with van der Waals surface area (Å²) in [5.74, 6) is -0.0393. The first-order chi connectivity index (χ1) is 13.9. The Labute approximate surface area is 174 Å². The number of hydrogen-bond donors (Lipinski definition) is 2. The Hall–Kier alpha value is -3.32. The number of halogens is 1. The number of nitrogens with one attached hydrogen (secondary N) is 2. The van der Waals surface area contributed by atoms with Gasteiger partial charge in [0.05, 0.1) is 13.3 Å². The van der Waals surface area contributed by atoms with E-state index in [-0.39, 0.29) is 13.0 Å².